The standard InChI is InChI=1S/C15H26N4O.HI/c1-5-19(3)11-10-17-15(16-2)18-12-13-8-6-7-9-14(13)20-4;/h6-9H,5,10-12H2,1-4H3,(H2,16,17,18);1H. The third-order valence-corrected chi connectivity index (χ3v) is 3.19. The lowest BCUT2D eigenvalue weighted by atomic mass is 10.2. The molecule has 0 spiro atoms. The Hall–Kier alpha value is -1.02. The monoisotopic (exact) mass is 406 g/mol. The number of nitrogens with zero attached hydrogens (tertiary/aromatic N) is 2. The summed E-state index contributed by atoms with van der Waals surface area (Å²) in [5.74, 6) is 1.70. The molecule has 6 heteroatoms. The Balaban J connectivity index is 0.00000400. The van der Waals surface area contributed by atoms with Crippen molar-refractivity contribution in [3.05, 3.63) is 29.8 Å². The maximum Gasteiger partial charge on any atom is 0.191 e. The van der Waals surface area contributed by atoms with Crippen molar-refractivity contribution in [2.75, 3.05) is 40.8 Å². The van der Waals surface area contributed by atoms with Crippen LogP contribution < -0.4 is 15.4 Å². The SMILES string of the molecule is CCN(C)CCNC(=NC)NCc1ccccc1OC.I. The minimum atomic E-state index is 0. The number of benzene rings is 1. The second kappa shape index (κ2) is 11.6. The molecule has 120 valence electrons. The van der Waals surface area contributed by atoms with Crippen molar-refractivity contribution in [1.82, 2.24) is 15.5 Å². The van der Waals surface area contributed by atoms with Crippen LogP contribution in [0.15, 0.2) is 29.3 Å². The van der Waals surface area contributed by atoms with E-state index in [-0.39, 0.29) is 24.0 Å². The van der Waals surface area contributed by atoms with Crippen molar-refractivity contribution < 1.29 is 4.74 Å². The third kappa shape index (κ3) is 7.52. The number of likely N-dealkylation sites (N-methyl/N-ethyl adjacent to an activating group) is 1. The van der Waals surface area contributed by atoms with E-state index in [0.717, 1.165) is 36.9 Å². The van der Waals surface area contributed by atoms with Gasteiger partial charge in [0.1, 0.15) is 5.75 Å². The van der Waals surface area contributed by atoms with Gasteiger partial charge in [-0.2, -0.15) is 0 Å². The molecule has 0 aliphatic heterocycles. The first-order valence-electron chi connectivity index (χ1n) is 6.96. The van der Waals surface area contributed by atoms with Crippen molar-refractivity contribution in [2.24, 2.45) is 4.99 Å². The first kappa shape index (κ1) is 20.0. The fraction of sp³-hybridized carbons (Fsp3) is 0.533. The summed E-state index contributed by atoms with van der Waals surface area (Å²) in [6.07, 6.45) is 0. The maximum atomic E-state index is 5.33. The summed E-state index contributed by atoms with van der Waals surface area (Å²) < 4.78 is 5.33. The summed E-state index contributed by atoms with van der Waals surface area (Å²) in [6.45, 7) is 5.75. The summed E-state index contributed by atoms with van der Waals surface area (Å²) in [6, 6.07) is 7.98. The van der Waals surface area contributed by atoms with Gasteiger partial charge in [-0.05, 0) is 19.7 Å². The molecule has 1 rings (SSSR count). The fourth-order valence-electron chi connectivity index (χ4n) is 1.77. The van der Waals surface area contributed by atoms with Crippen LogP contribution in [0.3, 0.4) is 0 Å². The number of guanidine groups is 1. The zero-order valence-corrected chi connectivity index (χ0v) is 15.7. The number of methoxy groups -OCH3 is 1. The van der Waals surface area contributed by atoms with Gasteiger partial charge in [-0.3, -0.25) is 4.99 Å². The minimum Gasteiger partial charge on any atom is -0.496 e. The number of halogens is 1. The summed E-state index contributed by atoms with van der Waals surface area (Å²) in [5.41, 5.74) is 1.11. The average Bonchev–Trinajstić information content (AvgIpc) is 2.50. The lowest BCUT2D eigenvalue weighted by Crippen LogP contribution is -2.40. The Kier molecular flexibility index (Phi) is 11.1. The smallest absolute Gasteiger partial charge is 0.191 e. The van der Waals surface area contributed by atoms with Gasteiger partial charge in [0.15, 0.2) is 5.96 Å². The van der Waals surface area contributed by atoms with Gasteiger partial charge in [-0.1, -0.05) is 25.1 Å². The molecule has 0 radical (unpaired) electrons. The first-order chi connectivity index (χ1) is 9.71. The number of hydrogen-bond acceptors (Lipinski definition) is 3. The van der Waals surface area contributed by atoms with E-state index in [0.29, 0.717) is 6.54 Å². The van der Waals surface area contributed by atoms with Gasteiger partial charge in [-0.25, -0.2) is 0 Å². The van der Waals surface area contributed by atoms with E-state index < -0.39 is 0 Å². The predicted octanol–water partition coefficient (Wildman–Crippen LogP) is 1.93. The van der Waals surface area contributed by atoms with E-state index >= 15 is 0 Å². The number of nitrogens with one attached hydrogen (secondary N) is 2. The highest BCUT2D eigenvalue weighted by atomic mass is 127. The number of aliphatic imine (C=N–C) groups is 1. The van der Waals surface area contributed by atoms with Gasteiger partial charge in [-0.15, -0.1) is 24.0 Å². The zero-order chi connectivity index (χ0) is 14.8. The molecular formula is C15H27IN4O. The highest BCUT2D eigenvalue weighted by Crippen LogP contribution is 2.16. The molecule has 1 aromatic carbocycles. The van der Waals surface area contributed by atoms with E-state index in [4.69, 9.17) is 4.74 Å². The van der Waals surface area contributed by atoms with Crippen LogP contribution in [0.5, 0.6) is 5.75 Å². The topological polar surface area (TPSA) is 48.9 Å². The van der Waals surface area contributed by atoms with E-state index in [2.05, 4.69) is 34.5 Å². The maximum absolute atomic E-state index is 5.33. The van der Waals surface area contributed by atoms with E-state index in [1.54, 1.807) is 14.2 Å². The predicted molar refractivity (Wildman–Crippen MR) is 99.8 cm³/mol. The van der Waals surface area contributed by atoms with Gasteiger partial charge in [0.05, 0.1) is 7.11 Å². The number of ether oxygens (including phenoxy) is 1. The minimum absolute atomic E-state index is 0. The summed E-state index contributed by atoms with van der Waals surface area (Å²) >= 11 is 0. The Morgan fingerprint density at radius 2 is 2.00 bits per heavy atom. The zero-order valence-electron chi connectivity index (χ0n) is 13.3. The molecular weight excluding hydrogens is 379 g/mol. The first-order valence-corrected chi connectivity index (χ1v) is 6.96. The highest BCUT2D eigenvalue weighted by Gasteiger charge is 2.03. The molecule has 0 aliphatic rings. The second-order valence-corrected chi connectivity index (χ2v) is 4.56. The van der Waals surface area contributed by atoms with E-state index in [1.807, 2.05) is 24.3 Å². The van der Waals surface area contributed by atoms with E-state index in [9.17, 15) is 0 Å². The molecule has 0 heterocycles. The van der Waals surface area contributed by atoms with Gasteiger partial charge in [0.2, 0.25) is 0 Å². The third-order valence-electron chi connectivity index (χ3n) is 3.19. The Morgan fingerprint density at radius 1 is 1.29 bits per heavy atom. The Morgan fingerprint density at radius 3 is 2.62 bits per heavy atom. The molecule has 0 saturated heterocycles. The summed E-state index contributed by atoms with van der Waals surface area (Å²) in [5, 5.41) is 6.59. The normalized spacial score (nSPS) is 11.0. The Labute approximate surface area is 145 Å². The molecule has 21 heavy (non-hydrogen) atoms. The number of hydrogen-bond donors (Lipinski definition) is 2. The lowest BCUT2D eigenvalue weighted by molar-refractivity contribution is 0.357. The second-order valence-electron chi connectivity index (χ2n) is 4.56. The molecule has 0 bridgehead atoms. The summed E-state index contributed by atoms with van der Waals surface area (Å²) in [4.78, 5) is 6.47. The molecule has 0 amide bonds. The number of para-hydroxylation sites is 1. The van der Waals surface area contributed by atoms with Crippen molar-refractivity contribution in [3.8, 4) is 5.75 Å². The van der Waals surface area contributed by atoms with Gasteiger partial charge in [0, 0.05) is 32.2 Å². The molecule has 0 atom stereocenters. The molecule has 0 saturated carbocycles. The van der Waals surface area contributed by atoms with Crippen LogP contribution in [-0.2, 0) is 6.54 Å². The largest absolute Gasteiger partial charge is 0.496 e. The molecule has 0 aromatic heterocycles. The molecule has 0 aliphatic carbocycles. The molecule has 1 aromatic rings. The van der Waals surface area contributed by atoms with Gasteiger partial charge >= 0.3 is 0 Å². The molecule has 2 N–H and O–H groups in total. The van der Waals surface area contributed by atoms with Crippen LogP contribution in [0.25, 0.3) is 0 Å². The molecule has 0 unspecified atom stereocenters. The molecule has 0 fully saturated rings. The van der Waals surface area contributed by atoms with Crippen molar-refractivity contribution in [2.45, 2.75) is 13.5 Å². The van der Waals surface area contributed by atoms with Crippen LogP contribution in [0.1, 0.15) is 12.5 Å². The fourth-order valence-corrected chi connectivity index (χ4v) is 1.77. The highest BCUT2D eigenvalue weighted by molar-refractivity contribution is 14.0. The van der Waals surface area contributed by atoms with Crippen LogP contribution in [0.4, 0.5) is 0 Å². The quantitative estimate of drug-likeness (QED) is 0.413. The van der Waals surface area contributed by atoms with Crippen LogP contribution in [-0.4, -0.2) is 51.7 Å². The van der Waals surface area contributed by atoms with E-state index in [1.165, 1.54) is 0 Å². The van der Waals surface area contributed by atoms with Gasteiger partial charge < -0.3 is 20.3 Å². The van der Waals surface area contributed by atoms with Crippen LogP contribution in [0, 0.1) is 0 Å². The lowest BCUT2D eigenvalue weighted by Gasteiger charge is -2.17. The van der Waals surface area contributed by atoms with Crippen molar-refractivity contribution in [3.63, 3.8) is 0 Å². The average molecular weight is 406 g/mol. The van der Waals surface area contributed by atoms with Crippen LogP contribution in [0.2, 0.25) is 0 Å². The van der Waals surface area contributed by atoms with Crippen LogP contribution >= 0.6 is 24.0 Å². The van der Waals surface area contributed by atoms with Crippen molar-refractivity contribution >= 4 is 29.9 Å². The summed E-state index contributed by atoms with van der Waals surface area (Å²) in [7, 11) is 5.57. The van der Waals surface area contributed by atoms with Gasteiger partial charge in [0.25, 0.3) is 0 Å². The molecule has 5 nitrogen and oxygen atoms in total. The van der Waals surface area contributed by atoms with Crippen molar-refractivity contribution in [1.29, 1.82) is 0 Å². The number of rotatable bonds is 7. The Bertz CT molecular complexity index is 426.